The van der Waals surface area contributed by atoms with Crippen molar-refractivity contribution >= 4 is 16.8 Å². The minimum Gasteiger partial charge on any atom is -0.493 e. The van der Waals surface area contributed by atoms with Gasteiger partial charge in [0.2, 0.25) is 0 Å². The van der Waals surface area contributed by atoms with Crippen molar-refractivity contribution in [1.29, 1.82) is 0 Å². The molecule has 33 heavy (non-hydrogen) atoms. The zero-order chi connectivity index (χ0) is 23.4. The Morgan fingerprint density at radius 2 is 1.85 bits per heavy atom. The second-order valence-electron chi connectivity index (χ2n) is 9.90. The molecule has 0 saturated carbocycles. The van der Waals surface area contributed by atoms with Gasteiger partial charge in [-0.25, -0.2) is 0 Å². The van der Waals surface area contributed by atoms with E-state index in [1.165, 1.54) is 16.5 Å². The van der Waals surface area contributed by atoms with Crippen LogP contribution < -0.4 is 10.1 Å². The van der Waals surface area contributed by atoms with E-state index >= 15 is 0 Å². The molecule has 0 unspecified atom stereocenters. The van der Waals surface area contributed by atoms with Crippen LogP contribution in [0.5, 0.6) is 5.75 Å². The van der Waals surface area contributed by atoms with Gasteiger partial charge in [-0.05, 0) is 62.3 Å². The Balaban J connectivity index is 1.32. The number of aromatic amines is 1. The first-order valence-corrected chi connectivity index (χ1v) is 12.2. The number of carbonyl (C=O) groups is 1. The summed E-state index contributed by atoms with van der Waals surface area (Å²) in [6, 6.07) is 16.9. The number of benzene rings is 2. The minimum atomic E-state index is 0.0612. The summed E-state index contributed by atoms with van der Waals surface area (Å²) in [6.07, 6.45) is 5.16. The standard InChI is InChI=1S/C28H37N3O2/c1-5-33-26-13-9-7-11-23(26)27(32)31-16-14-21(15-17-31)30-20(2)18-28(3,4)24-19-29-25-12-8-6-10-22(24)25/h6-13,19-21,29-30H,5,14-18H2,1-4H3/t20-/m1/s1. The number of rotatable bonds is 8. The SMILES string of the molecule is CCOc1ccccc1C(=O)N1CCC(N[C@H](C)CC(C)(C)c2c[nH]c3ccccc23)CC1. The highest BCUT2D eigenvalue weighted by molar-refractivity contribution is 5.97. The zero-order valence-corrected chi connectivity index (χ0v) is 20.4. The molecule has 1 aliphatic heterocycles. The Hall–Kier alpha value is -2.79. The summed E-state index contributed by atoms with van der Waals surface area (Å²) in [5, 5.41) is 5.16. The van der Waals surface area contributed by atoms with E-state index in [4.69, 9.17) is 4.74 Å². The lowest BCUT2D eigenvalue weighted by Gasteiger charge is -2.36. The van der Waals surface area contributed by atoms with Gasteiger partial charge in [-0.2, -0.15) is 0 Å². The van der Waals surface area contributed by atoms with E-state index in [0.29, 0.717) is 30.0 Å². The van der Waals surface area contributed by atoms with Crippen LogP contribution in [0.25, 0.3) is 10.9 Å². The highest BCUT2D eigenvalue weighted by Gasteiger charge is 2.29. The lowest BCUT2D eigenvalue weighted by Crippen LogP contribution is -2.48. The number of aromatic nitrogens is 1. The number of nitrogens with zero attached hydrogens (tertiary/aromatic N) is 1. The molecule has 2 heterocycles. The highest BCUT2D eigenvalue weighted by Crippen LogP contribution is 2.34. The monoisotopic (exact) mass is 447 g/mol. The maximum absolute atomic E-state index is 13.1. The van der Waals surface area contributed by atoms with Crippen molar-refractivity contribution in [2.75, 3.05) is 19.7 Å². The highest BCUT2D eigenvalue weighted by atomic mass is 16.5. The van der Waals surface area contributed by atoms with Crippen LogP contribution in [0, 0.1) is 0 Å². The van der Waals surface area contributed by atoms with Gasteiger partial charge in [0.05, 0.1) is 12.2 Å². The molecule has 0 spiro atoms. The topological polar surface area (TPSA) is 57.4 Å². The van der Waals surface area contributed by atoms with Crippen molar-refractivity contribution in [1.82, 2.24) is 15.2 Å². The Kier molecular flexibility index (Phi) is 7.08. The number of likely N-dealkylation sites (tertiary alicyclic amines) is 1. The van der Waals surface area contributed by atoms with Crippen molar-refractivity contribution < 1.29 is 9.53 Å². The van der Waals surface area contributed by atoms with Gasteiger partial charge in [0.25, 0.3) is 5.91 Å². The molecule has 0 radical (unpaired) electrons. The third-order valence-corrected chi connectivity index (χ3v) is 6.85. The average molecular weight is 448 g/mol. The normalized spacial score (nSPS) is 16.2. The molecule has 1 atom stereocenters. The lowest BCUT2D eigenvalue weighted by atomic mass is 9.79. The fraction of sp³-hybridized carbons (Fsp3) is 0.464. The third kappa shape index (κ3) is 5.25. The first-order valence-electron chi connectivity index (χ1n) is 12.2. The van der Waals surface area contributed by atoms with Gasteiger partial charge in [-0.3, -0.25) is 4.79 Å². The number of fused-ring (bicyclic) bond motifs is 1. The molecule has 4 rings (SSSR count). The van der Waals surface area contributed by atoms with Crippen LogP contribution in [-0.2, 0) is 5.41 Å². The molecular formula is C28H37N3O2. The predicted octanol–water partition coefficient (Wildman–Crippen LogP) is 5.52. The van der Waals surface area contributed by atoms with Crippen LogP contribution in [0.2, 0.25) is 0 Å². The molecule has 1 saturated heterocycles. The van der Waals surface area contributed by atoms with Crippen molar-refractivity contribution in [3.63, 3.8) is 0 Å². The zero-order valence-electron chi connectivity index (χ0n) is 20.4. The number of H-pyrrole nitrogens is 1. The molecule has 0 bridgehead atoms. The van der Waals surface area contributed by atoms with E-state index in [1.807, 2.05) is 36.1 Å². The number of nitrogens with one attached hydrogen (secondary N) is 2. The number of amides is 1. The van der Waals surface area contributed by atoms with Gasteiger partial charge < -0.3 is 19.9 Å². The molecule has 1 fully saturated rings. The van der Waals surface area contributed by atoms with Gasteiger partial charge >= 0.3 is 0 Å². The summed E-state index contributed by atoms with van der Waals surface area (Å²) in [5.74, 6) is 0.754. The Bertz CT molecular complexity index is 1080. The fourth-order valence-electron chi connectivity index (χ4n) is 5.31. The van der Waals surface area contributed by atoms with Crippen LogP contribution in [-0.4, -0.2) is 47.6 Å². The van der Waals surface area contributed by atoms with Gasteiger partial charge in [-0.1, -0.05) is 44.2 Å². The first kappa shape index (κ1) is 23.4. The van der Waals surface area contributed by atoms with Crippen LogP contribution >= 0.6 is 0 Å². The summed E-state index contributed by atoms with van der Waals surface area (Å²) in [6.45, 7) is 11.0. The molecular weight excluding hydrogens is 410 g/mol. The number of hydrogen-bond acceptors (Lipinski definition) is 3. The molecule has 2 aromatic carbocycles. The molecule has 1 amide bonds. The van der Waals surface area contributed by atoms with E-state index in [2.05, 4.69) is 61.5 Å². The smallest absolute Gasteiger partial charge is 0.257 e. The lowest BCUT2D eigenvalue weighted by molar-refractivity contribution is 0.0697. The summed E-state index contributed by atoms with van der Waals surface area (Å²) >= 11 is 0. The Morgan fingerprint density at radius 3 is 2.61 bits per heavy atom. The predicted molar refractivity (Wildman–Crippen MR) is 135 cm³/mol. The second-order valence-corrected chi connectivity index (χ2v) is 9.90. The van der Waals surface area contributed by atoms with E-state index in [1.54, 1.807) is 0 Å². The van der Waals surface area contributed by atoms with E-state index in [9.17, 15) is 4.79 Å². The van der Waals surface area contributed by atoms with Gasteiger partial charge in [-0.15, -0.1) is 0 Å². The molecule has 0 aliphatic carbocycles. The van der Waals surface area contributed by atoms with Gasteiger partial charge in [0.1, 0.15) is 5.75 Å². The summed E-state index contributed by atoms with van der Waals surface area (Å²) in [5.41, 5.74) is 3.30. The Labute approximate surface area is 197 Å². The molecule has 5 nitrogen and oxygen atoms in total. The van der Waals surface area contributed by atoms with Crippen LogP contribution in [0.15, 0.2) is 54.7 Å². The largest absolute Gasteiger partial charge is 0.493 e. The third-order valence-electron chi connectivity index (χ3n) is 6.85. The molecule has 5 heteroatoms. The Morgan fingerprint density at radius 1 is 1.15 bits per heavy atom. The number of piperidine rings is 1. The van der Waals surface area contributed by atoms with Crippen LogP contribution in [0.4, 0.5) is 0 Å². The number of ether oxygens (including phenoxy) is 1. The summed E-state index contributed by atoms with van der Waals surface area (Å²) in [7, 11) is 0. The molecule has 3 aromatic rings. The van der Waals surface area contributed by atoms with Crippen LogP contribution in [0.3, 0.4) is 0 Å². The van der Waals surface area contributed by atoms with Crippen molar-refractivity contribution in [2.24, 2.45) is 0 Å². The van der Waals surface area contributed by atoms with E-state index in [0.717, 1.165) is 32.4 Å². The number of carbonyl (C=O) groups excluding carboxylic acids is 1. The maximum Gasteiger partial charge on any atom is 0.257 e. The number of para-hydroxylation sites is 2. The van der Waals surface area contributed by atoms with Crippen molar-refractivity contribution in [3.8, 4) is 5.75 Å². The average Bonchev–Trinajstić information content (AvgIpc) is 3.25. The van der Waals surface area contributed by atoms with Crippen molar-refractivity contribution in [2.45, 2.75) is 64.5 Å². The quantitative estimate of drug-likeness (QED) is 0.478. The van der Waals surface area contributed by atoms with E-state index in [-0.39, 0.29) is 11.3 Å². The number of hydrogen-bond donors (Lipinski definition) is 2. The first-order chi connectivity index (χ1) is 15.9. The van der Waals surface area contributed by atoms with Crippen LogP contribution in [0.1, 0.15) is 62.9 Å². The van der Waals surface area contributed by atoms with Gasteiger partial charge in [0, 0.05) is 42.3 Å². The molecule has 1 aromatic heterocycles. The van der Waals surface area contributed by atoms with Gasteiger partial charge in [0.15, 0.2) is 0 Å². The molecule has 2 N–H and O–H groups in total. The second kappa shape index (κ2) is 10.0. The fourth-order valence-corrected chi connectivity index (χ4v) is 5.31. The van der Waals surface area contributed by atoms with E-state index < -0.39 is 0 Å². The summed E-state index contributed by atoms with van der Waals surface area (Å²) in [4.78, 5) is 18.5. The summed E-state index contributed by atoms with van der Waals surface area (Å²) < 4.78 is 5.66. The van der Waals surface area contributed by atoms with Crippen molar-refractivity contribution in [3.05, 3.63) is 65.9 Å². The maximum atomic E-state index is 13.1. The molecule has 176 valence electrons. The minimum absolute atomic E-state index is 0.0612. The molecule has 1 aliphatic rings.